The highest BCUT2D eigenvalue weighted by atomic mass is 16.6. The van der Waals surface area contributed by atoms with Gasteiger partial charge in [-0.1, -0.05) is 372 Å². The molecule has 0 radical (unpaired) electrons. The molecule has 0 saturated carbocycles. The molecule has 1 atom stereocenters. The van der Waals surface area contributed by atoms with E-state index in [-0.39, 0.29) is 31.1 Å². The van der Waals surface area contributed by atoms with E-state index >= 15 is 0 Å². The molecule has 0 amide bonds. The van der Waals surface area contributed by atoms with E-state index in [9.17, 15) is 14.4 Å². The first-order valence-electron chi connectivity index (χ1n) is 37.0. The van der Waals surface area contributed by atoms with Crippen LogP contribution in [0.2, 0.25) is 0 Å². The average molecular weight is 1150 g/mol. The van der Waals surface area contributed by atoms with Crippen molar-refractivity contribution in [2.24, 2.45) is 0 Å². The lowest BCUT2D eigenvalue weighted by atomic mass is 10.0. The van der Waals surface area contributed by atoms with Crippen LogP contribution < -0.4 is 0 Å². The van der Waals surface area contributed by atoms with Crippen LogP contribution >= 0.6 is 0 Å². The van der Waals surface area contributed by atoms with Crippen molar-refractivity contribution in [3.05, 3.63) is 36.5 Å². The fourth-order valence-electron chi connectivity index (χ4n) is 11.3. The van der Waals surface area contributed by atoms with Crippen molar-refractivity contribution in [1.29, 1.82) is 0 Å². The van der Waals surface area contributed by atoms with Gasteiger partial charge in [-0.3, -0.25) is 14.4 Å². The number of rotatable bonds is 69. The van der Waals surface area contributed by atoms with Crippen LogP contribution in [0.3, 0.4) is 0 Å². The van der Waals surface area contributed by atoms with Crippen molar-refractivity contribution in [1.82, 2.24) is 0 Å². The van der Waals surface area contributed by atoms with Gasteiger partial charge in [-0.05, 0) is 57.8 Å². The summed E-state index contributed by atoms with van der Waals surface area (Å²) in [6, 6.07) is 0. The first kappa shape index (κ1) is 79.6. The van der Waals surface area contributed by atoms with Crippen molar-refractivity contribution in [2.75, 3.05) is 13.2 Å². The number of carbonyl (C=O) groups is 3. The summed E-state index contributed by atoms with van der Waals surface area (Å²) in [5, 5.41) is 0. The Bertz CT molecular complexity index is 1370. The number of esters is 3. The smallest absolute Gasteiger partial charge is 0.306 e. The Labute approximate surface area is 512 Å². The Kier molecular flexibility index (Phi) is 69.1. The first-order chi connectivity index (χ1) is 40.5. The maximum absolute atomic E-state index is 12.9. The molecule has 0 heterocycles. The number of ether oxygens (including phenoxy) is 3. The van der Waals surface area contributed by atoms with E-state index in [0.717, 1.165) is 70.6 Å². The zero-order chi connectivity index (χ0) is 59.2. The van der Waals surface area contributed by atoms with Gasteiger partial charge in [-0.2, -0.15) is 0 Å². The Balaban J connectivity index is 4.12. The van der Waals surface area contributed by atoms with Gasteiger partial charge in [0.05, 0.1) is 0 Å². The molecule has 0 bridgehead atoms. The largest absolute Gasteiger partial charge is 0.462 e. The summed E-state index contributed by atoms with van der Waals surface area (Å²) >= 11 is 0. The molecule has 0 aliphatic carbocycles. The van der Waals surface area contributed by atoms with Crippen LogP contribution in [0.5, 0.6) is 0 Å². The second kappa shape index (κ2) is 71.1. The van der Waals surface area contributed by atoms with Gasteiger partial charge in [0.15, 0.2) is 6.10 Å². The van der Waals surface area contributed by atoms with Crippen molar-refractivity contribution in [2.45, 2.75) is 419 Å². The molecule has 0 N–H and O–H groups in total. The third kappa shape index (κ3) is 68.4. The average Bonchev–Trinajstić information content (AvgIpc) is 3.47. The molecule has 482 valence electrons. The van der Waals surface area contributed by atoms with E-state index in [1.54, 1.807) is 0 Å². The second-order valence-corrected chi connectivity index (χ2v) is 25.2. The lowest BCUT2D eigenvalue weighted by Gasteiger charge is -2.18. The topological polar surface area (TPSA) is 78.9 Å². The minimum atomic E-state index is -0.768. The summed E-state index contributed by atoms with van der Waals surface area (Å²) in [5.74, 6) is -0.833. The van der Waals surface area contributed by atoms with Gasteiger partial charge < -0.3 is 14.2 Å². The molecule has 0 aromatic heterocycles. The van der Waals surface area contributed by atoms with Crippen LogP contribution in [0.1, 0.15) is 412 Å². The van der Waals surface area contributed by atoms with Gasteiger partial charge in [0.2, 0.25) is 0 Å². The molecule has 0 spiro atoms. The fraction of sp³-hybridized carbons (Fsp3) is 0.882. The van der Waals surface area contributed by atoms with Crippen LogP contribution in [0.15, 0.2) is 36.5 Å². The summed E-state index contributed by atoms with van der Waals surface area (Å²) in [4.78, 5) is 38.4. The Morgan fingerprint density at radius 1 is 0.244 bits per heavy atom. The van der Waals surface area contributed by atoms with E-state index < -0.39 is 6.10 Å². The number of carbonyl (C=O) groups excluding carboxylic acids is 3. The van der Waals surface area contributed by atoms with Crippen molar-refractivity contribution in [3.63, 3.8) is 0 Å². The molecule has 0 fully saturated rings. The van der Waals surface area contributed by atoms with Gasteiger partial charge in [-0.25, -0.2) is 0 Å². The lowest BCUT2D eigenvalue weighted by molar-refractivity contribution is -0.167. The van der Waals surface area contributed by atoms with Gasteiger partial charge in [0.1, 0.15) is 13.2 Å². The summed E-state index contributed by atoms with van der Waals surface area (Å²) in [6.45, 7) is 6.70. The van der Waals surface area contributed by atoms with Gasteiger partial charge in [0, 0.05) is 19.3 Å². The monoisotopic (exact) mass is 1150 g/mol. The summed E-state index contributed by atoms with van der Waals surface area (Å²) in [6.07, 6.45) is 89.1. The van der Waals surface area contributed by atoms with E-state index in [0.29, 0.717) is 19.3 Å². The number of hydrogen-bond acceptors (Lipinski definition) is 6. The third-order valence-corrected chi connectivity index (χ3v) is 16.9. The normalized spacial score (nSPS) is 12.2. The number of allylic oxidation sites excluding steroid dienone is 6. The quantitative estimate of drug-likeness (QED) is 0.0261. The SMILES string of the molecule is CCCCCCC/C=C\C/C=C\C/C=C\CCCCCCCCCCCCCCCCCCC(=O)OCC(COC(=O)CCCCCCCCCCCCC)OC(=O)CCCCCCCCCCCCCCCCCCCCCCCC. The van der Waals surface area contributed by atoms with Crippen molar-refractivity contribution < 1.29 is 28.6 Å². The molecule has 6 nitrogen and oxygen atoms in total. The zero-order valence-corrected chi connectivity index (χ0v) is 55.5. The van der Waals surface area contributed by atoms with E-state index in [2.05, 4.69) is 57.2 Å². The first-order valence-corrected chi connectivity index (χ1v) is 37.0. The second-order valence-electron chi connectivity index (χ2n) is 25.2. The third-order valence-electron chi connectivity index (χ3n) is 16.9. The van der Waals surface area contributed by atoms with Crippen LogP contribution in [-0.2, 0) is 28.6 Å². The van der Waals surface area contributed by atoms with E-state index in [4.69, 9.17) is 14.2 Å². The Hall–Kier alpha value is -2.37. The van der Waals surface area contributed by atoms with Gasteiger partial charge in [-0.15, -0.1) is 0 Å². The van der Waals surface area contributed by atoms with Crippen LogP contribution in [0, 0.1) is 0 Å². The molecular weight excluding hydrogens is 1010 g/mol. The van der Waals surface area contributed by atoms with Crippen LogP contribution in [-0.4, -0.2) is 37.2 Å². The van der Waals surface area contributed by atoms with Crippen molar-refractivity contribution in [3.8, 4) is 0 Å². The number of hydrogen-bond donors (Lipinski definition) is 0. The molecule has 1 unspecified atom stereocenters. The highest BCUT2D eigenvalue weighted by molar-refractivity contribution is 5.71. The summed E-state index contributed by atoms with van der Waals surface area (Å²) < 4.78 is 17.0. The Morgan fingerprint density at radius 3 is 0.683 bits per heavy atom. The summed E-state index contributed by atoms with van der Waals surface area (Å²) in [5.41, 5.74) is 0. The zero-order valence-electron chi connectivity index (χ0n) is 55.5. The molecule has 0 aromatic rings. The van der Waals surface area contributed by atoms with Gasteiger partial charge >= 0.3 is 17.9 Å². The molecule has 0 aromatic carbocycles. The standard InChI is InChI=1S/C76H142O6/c1-4-7-10-13-16-19-22-24-26-28-30-32-34-35-36-37-38-39-40-41-42-44-45-47-49-51-54-57-60-63-66-69-75(78)81-72-73(71-80-74(77)68-65-62-59-56-53-21-18-15-12-9-6-3)82-76(79)70-67-64-61-58-55-52-50-48-46-43-33-31-29-27-25-23-20-17-14-11-8-5-2/h22,24,28,30,34-35,73H,4-21,23,25-27,29,31-33,36-72H2,1-3H3/b24-22-,30-28-,35-34-. The maximum atomic E-state index is 12.9. The predicted molar refractivity (Wildman–Crippen MR) is 358 cm³/mol. The van der Waals surface area contributed by atoms with Gasteiger partial charge in [0.25, 0.3) is 0 Å². The fourth-order valence-corrected chi connectivity index (χ4v) is 11.3. The molecule has 0 aliphatic rings. The minimum absolute atomic E-state index is 0.0647. The lowest BCUT2D eigenvalue weighted by Crippen LogP contribution is -2.30. The maximum Gasteiger partial charge on any atom is 0.306 e. The summed E-state index contributed by atoms with van der Waals surface area (Å²) in [7, 11) is 0. The highest BCUT2D eigenvalue weighted by Gasteiger charge is 2.20. The number of unbranched alkanes of at least 4 members (excludes halogenated alkanes) is 52. The predicted octanol–water partition coefficient (Wildman–Crippen LogP) is 25.5. The highest BCUT2D eigenvalue weighted by Crippen LogP contribution is 2.19. The molecule has 6 heteroatoms. The Morgan fingerprint density at radius 2 is 0.439 bits per heavy atom. The van der Waals surface area contributed by atoms with Crippen LogP contribution in [0.25, 0.3) is 0 Å². The molecule has 0 rings (SSSR count). The molecule has 82 heavy (non-hydrogen) atoms. The molecule has 0 aliphatic heterocycles. The van der Waals surface area contributed by atoms with E-state index in [1.165, 1.54) is 302 Å². The molecule has 0 saturated heterocycles. The molecular formula is C76H142O6. The van der Waals surface area contributed by atoms with Crippen LogP contribution in [0.4, 0.5) is 0 Å². The van der Waals surface area contributed by atoms with Crippen molar-refractivity contribution >= 4 is 17.9 Å². The van der Waals surface area contributed by atoms with E-state index in [1.807, 2.05) is 0 Å². The minimum Gasteiger partial charge on any atom is -0.462 e.